The predicted molar refractivity (Wildman–Crippen MR) is 62.8 cm³/mol. The minimum atomic E-state index is 0.266. The van der Waals surface area contributed by atoms with E-state index >= 15 is 0 Å². The number of hydrogen-bond donors (Lipinski definition) is 1. The fraction of sp³-hybridized carbons (Fsp3) is 0.167. The molecule has 0 spiro atoms. The number of aromatic hydroxyl groups is 1. The summed E-state index contributed by atoms with van der Waals surface area (Å²) in [7, 11) is 0. The molecule has 4 heteroatoms. The highest BCUT2D eigenvalue weighted by Gasteiger charge is 2.03. The van der Waals surface area contributed by atoms with E-state index in [1.165, 1.54) is 11.3 Å². The van der Waals surface area contributed by atoms with Gasteiger partial charge < -0.3 is 9.90 Å². The van der Waals surface area contributed by atoms with Gasteiger partial charge in [0, 0.05) is 18.2 Å². The van der Waals surface area contributed by atoms with Gasteiger partial charge in [-0.3, -0.25) is 0 Å². The van der Waals surface area contributed by atoms with E-state index < -0.39 is 0 Å². The van der Waals surface area contributed by atoms with Gasteiger partial charge in [-0.25, -0.2) is 4.98 Å². The molecule has 1 heterocycles. The highest BCUT2D eigenvalue weighted by Crippen LogP contribution is 2.17. The van der Waals surface area contributed by atoms with Crippen molar-refractivity contribution in [2.24, 2.45) is 0 Å². The Morgan fingerprint density at radius 1 is 1.44 bits per heavy atom. The number of hydrogen-bond acceptors (Lipinski definition) is 4. The van der Waals surface area contributed by atoms with Crippen LogP contribution < -0.4 is 0 Å². The van der Waals surface area contributed by atoms with Crippen molar-refractivity contribution in [1.82, 2.24) is 4.98 Å². The molecule has 0 aliphatic carbocycles. The summed E-state index contributed by atoms with van der Waals surface area (Å²) in [5.74, 6) is 0.266. The SMILES string of the molecule is O=CCc1csc(Cc2cccc(O)c2)n1. The molecule has 3 nitrogen and oxygen atoms in total. The summed E-state index contributed by atoms with van der Waals surface area (Å²) in [6.07, 6.45) is 1.92. The van der Waals surface area contributed by atoms with Gasteiger partial charge in [0.2, 0.25) is 0 Å². The van der Waals surface area contributed by atoms with Crippen LogP contribution in [0.4, 0.5) is 0 Å². The average Bonchev–Trinajstić information content (AvgIpc) is 2.66. The molecule has 82 valence electrons. The van der Waals surface area contributed by atoms with Gasteiger partial charge in [-0.15, -0.1) is 11.3 Å². The molecule has 2 rings (SSSR count). The lowest BCUT2D eigenvalue weighted by atomic mass is 10.1. The van der Waals surface area contributed by atoms with Gasteiger partial charge in [0.15, 0.2) is 0 Å². The van der Waals surface area contributed by atoms with Crippen LogP contribution in [0.2, 0.25) is 0 Å². The number of benzene rings is 1. The number of phenols is 1. The van der Waals surface area contributed by atoms with Crippen LogP contribution in [0.5, 0.6) is 5.75 Å². The second-order valence-electron chi connectivity index (χ2n) is 3.45. The van der Waals surface area contributed by atoms with Crippen LogP contribution in [0.25, 0.3) is 0 Å². The van der Waals surface area contributed by atoms with E-state index in [9.17, 15) is 9.90 Å². The Balaban J connectivity index is 2.11. The highest BCUT2D eigenvalue weighted by atomic mass is 32.1. The summed E-state index contributed by atoms with van der Waals surface area (Å²) in [6.45, 7) is 0. The van der Waals surface area contributed by atoms with Crippen molar-refractivity contribution >= 4 is 17.6 Å². The molecule has 0 amide bonds. The largest absolute Gasteiger partial charge is 0.508 e. The first-order valence-electron chi connectivity index (χ1n) is 4.93. The predicted octanol–water partition coefficient (Wildman–Crippen LogP) is 2.18. The zero-order valence-electron chi connectivity index (χ0n) is 8.59. The molecular formula is C12H11NO2S. The van der Waals surface area contributed by atoms with Gasteiger partial charge in [-0.1, -0.05) is 12.1 Å². The van der Waals surface area contributed by atoms with E-state index in [-0.39, 0.29) is 5.75 Å². The lowest BCUT2D eigenvalue weighted by molar-refractivity contribution is -0.107. The van der Waals surface area contributed by atoms with Crippen molar-refractivity contribution in [1.29, 1.82) is 0 Å². The average molecular weight is 233 g/mol. The van der Waals surface area contributed by atoms with Crippen LogP contribution in [0.15, 0.2) is 29.6 Å². The van der Waals surface area contributed by atoms with Crippen molar-refractivity contribution in [3.63, 3.8) is 0 Å². The molecule has 0 atom stereocenters. The number of phenolic OH excluding ortho intramolecular Hbond substituents is 1. The summed E-state index contributed by atoms with van der Waals surface area (Å²) in [5, 5.41) is 12.2. The first-order valence-corrected chi connectivity index (χ1v) is 5.80. The molecule has 1 aromatic heterocycles. The van der Waals surface area contributed by atoms with Gasteiger partial charge in [0.25, 0.3) is 0 Å². The number of carbonyl (C=O) groups is 1. The Bertz CT molecular complexity index is 493. The maximum absolute atomic E-state index is 10.3. The summed E-state index contributed by atoms with van der Waals surface area (Å²) in [5.41, 5.74) is 1.84. The number of nitrogens with zero attached hydrogens (tertiary/aromatic N) is 1. The van der Waals surface area contributed by atoms with Crippen molar-refractivity contribution in [3.8, 4) is 5.75 Å². The normalized spacial score (nSPS) is 10.2. The summed E-state index contributed by atoms with van der Waals surface area (Å²) in [6, 6.07) is 7.12. The fourth-order valence-electron chi connectivity index (χ4n) is 1.45. The molecule has 0 saturated heterocycles. The molecule has 16 heavy (non-hydrogen) atoms. The molecule has 1 aromatic carbocycles. The minimum Gasteiger partial charge on any atom is -0.508 e. The zero-order chi connectivity index (χ0) is 11.4. The second kappa shape index (κ2) is 4.90. The summed E-state index contributed by atoms with van der Waals surface area (Å²) >= 11 is 1.54. The third kappa shape index (κ3) is 2.67. The van der Waals surface area contributed by atoms with Gasteiger partial charge in [-0.05, 0) is 17.7 Å². The lowest BCUT2D eigenvalue weighted by Gasteiger charge is -1.98. The van der Waals surface area contributed by atoms with Crippen molar-refractivity contribution in [2.45, 2.75) is 12.8 Å². The fourth-order valence-corrected chi connectivity index (χ4v) is 2.29. The number of aromatic nitrogens is 1. The van der Waals surface area contributed by atoms with E-state index in [4.69, 9.17) is 0 Å². The molecule has 2 aromatic rings. The maximum atomic E-state index is 10.3. The smallest absolute Gasteiger partial charge is 0.125 e. The van der Waals surface area contributed by atoms with Gasteiger partial charge in [0.05, 0.1) is 10.7 Å². The number of aldehydes is 1. The molecule has 0 aliphatic heterocycles. The minimum absolute atomic E-state index is 0.266. The zero-order valence-corrected chi connectivity index (χ0v) is 9.41. The molecule has 0 radical (unpaired) electrons. The second-order valence-corrected chi connectivity index (χ2v) is 4.39. The standard InChI is InChI=1S/C12H11NO2S/c14-5-4-10-8-16-12(13-10)7-9-2-1-3-11(15)6-9/h1-3,5-6,8,15H,4,7H2. The molecule has 0 aliphatic rings. The van der Waals surface area contributed by atoms with Crippen LogP contribution >= 0.6 is 11.3 Å². The molecule has 0 unspecified atom stereocenters. The van der Waals surface area contributed by atoms with Crippen LogP contribution in [-0.2, 0) is 17.6 Å². The third-order valence-corrected chi connectivity index (χ3v) is 3.06. The van der Waals surface area contributed by atoms with Gasteiger partial charge >= 0.3 is 0 Å². The Hall–Kier alpha value is -1.68. The topological polar surface area (TPSA) is 50.2 Å². The molecule has 1 N–H and O–H groups in total. The summed E-state index contributed by atoms with van der Waals surface area (Å²) in [4.78, 5) is 14.6. The molecular weight excluding hydrogens is 222 g/mol. The lowest BCUT2D eigenvalue weighted by Crippen LogP contribution is -1.89. The Morgan fingerprint density at radius 3 is 3.06 bits per heavy atom. The van der Waals surface area contributed by atoms with Crippen LogP contribution in [0, 0.1) is 0 Å². The van der Waals surface area contributed by atoms with Crippen molar-refractivity contribution < 1.29 is 9.90 Å². The molecule has 0 bridgehead atoms. The van der Waals surface area contributed by atoms with Crippen LogP contribution in [-0.4, -0.2) is 16.4 Å². The number of carbonyl (C=O) groups excluding carboxylic acids is 1. The van der Waals surface area contributed by atoms with Crippen LogP contribution in [0.3, 0.4) is 0 Å². The van der Waals surface area contributed by atoms with Gasteiger partial charge in [-0.2, -0.15) is 0 Å². The van der Waals surface area contributed by atoms with E-state index in [0.29, 0.717) is 12.8 Å². The van der Waals surface area contributed by atoms with E-state index in [2.05, 4.69) is 4.98 Å². The first kappa shape index (κ1) is 10.8. The van der Waals surface area contributed by atoms with Gasteiger partial charge in [0.1, 0.15) is 12.0 Å². The maximum Gasteiger partial charge on any atom is 0.125 e. The van der Waals surface area contributed by atoms with E-state index in [1.54, 1.807) is 12.1 Å². The highest BCUT2D eigenvalue weighted by molar-refractivity contribution is 7.09. The Labute approximate surface area is 97.4 Å². The molecule has 0 saturated carbocycles. The molecule has 0 fully saturated rings. The number of thiazole rings is 1. The first-order chi connectivity index (χ1) is 7.78. The summed E-state index contributed by atoms with van der Waals surface area (Å²) < 4.78 is 0. The van der Waals surface area contributed by atoms with Crippen LogP contribution in [0.1, 0.15) is 16.3 Å². The quantitative estimate of drug-likeness (QED) is 0.823. The van der Waals surface area contributed by atoms with Crippen molar-refractivity contribution in [2.75, 3.05) is 0 Å². The Morgan fingerprint density at radius 2 is 2.31 bits per heavy atom. The van der Waals surface area contributed by atoms with E-state index in [0.717, 1.165) is 22.6 Å². The van der Waals surface area contributed by atoms with Crippen molar-refractivity contribution in [3.05, 3.63) is 45.9 Å². The monoisotopic (exact) mass is 233 g/mol. The third-order valence-electron chi connectivity index (χ3n) is 2.16. The number of rotatable bonds is 4. The Kier molecular flexibility index (Phi) is 3.31. The van der Waals surface area contributed by atoms with E-state index in [1.807, 2.05) is 17.5 Å².